The molecule has 0 saturated heterocycles. The molecular weight excluding hydrogens is 520 g/mol. The maximum Gasteiger partial charge on any atom is 0.144 e. The first kappa shape index (κ1) is 21.1. The molecular formula is C29H22INP+. The molecule has 1 aromatic heterocycles. The first-order chi connectivity index (χ1) is 15.8. The molecule has 4 aromatic carbocycles. The van der Waals surface area contributed by atoms with Crippen LogP contribution in [0.25, 0.3) is 11.3 Å². The van der Waals surface area contributed by atoms with E-state index in [4.69, 9.17) is 4.98 Å². The fourth-order valence-corrected chi connectivity index (χ4v) is 8.87. The third-order valence-electron chi connectivity index (χ3n) is 5.70. The van der Waals surface area contributed by atoms with Crippen molar-refractivity contribution in [2.45, 2.75) is 0 Å². The Hall–Kier alpha value is -2.81. The van der Waals surface area contributed by atoms with Gasteiger partial charge < -0.3 is 0 Å². The Morgan fingerprint density at radius 1 is 0.500 bits per heavy atom. The van der Waals surface area contributed by atoms with E-state index in [2.05, 4.69) is 150 Å². The molecule has 5 aromatic rings. The molecule has 0 N–H and O–H groups in total. The number of hydrogen-bond acceptors (Lipinski definition) is 1. The van der Waals surface area contributed by atoms with E-state index >= 15 is 0 Å². The van der Waals surface area contributed by atoms with E-state index in [1.54, 1.807) is 0 Å². The fraction of sp³-hybridized carbons (Fsp3) is 0. The van der Waals surface area contributed by atoms with Crippen LogP contribution in [-0.4, -0.2) is 4.98 Å². The number of nitrogens with zero attached hydrogens (tertiary/aromatic N) is 1. The minimum Gasteiger partial charge on any atom is -0.256 e. The van der Waals surface area contributed by atoms with E-state index in [1.165, 1.54) is 24.8 Å². The zero-order valence-corrected chi connectivity index (χ0v) is 20.5. The predicted molar refractivity (Wildman–Crippen MR) is 147 cm³/mol. The highest BCUT2D eigenvalue weighted by molar-refractivity contribution is 14.1. The number of halogens is 1. The maximum absolute atomic E-state index is 4.75. The Morgan fingerprint density at radius 3 is 1.44 bits per heavy atom. The average Bonchev–Trinajstić information content (AvgIpc) is 2.87. The summed E-state index contributed by atoms with van der Waals surface area (Å²) in [6, 6.07) is 45.9. The standard InChI is InChI=1S/C29H22INP/c30-24-18-16-23(17-19-24)29-22-28(20-21-31-29)32(25-10-4-1-5-11-25,26-12-6-2-7-13-26)27-14-8-3-9-15-27/h1-22H/q+1. The molecule has 0 atom stereocenters. The van der Waals surface area contributed by atoms with Gasteiger partial charge in [0.05, 0.1) is 5.69 Å². The van der Waals surface area contributed by atoms with Crippen molar-refractivity contribution in [3.63, 3.8) is 0 Å². The molecule has 3 heteroatoms. The molecule has 0 aliphatic heterocycles. The van der Waals surface area contributed by atoms with Gasteiger partial charge in [-0.1, -0.05) is 66.7 Å². The minimum absolute atomic E-state index is 1.01. The van der Waals surface area contributed by atoms with E-state index in [-0.39, 0.29) is 0 Å². The van der Waals surface area contributed by atoms with Crippen LogP contribution < -0.4 is 21.2 Å². The summed E-state index contributed by atoms with van der Waals surface area (Å²) in [7, 11) is -2.10. The van der Waals surface area contributed by atoms with Crippen LogP contribution in [0.2, 0.25) is 0 Å². The van der Waals surface area contributed by atoms with Gasteiger partial charge in [-0.2, -0.15) is 0 Å². The molecule has 5 rings (SSSR count). The van der Waals surface area contributed by atoms with Crippen LogP contribution >= 0.6 is 29.9 Å². The maximum atomic E-state index is 4.75. The number of aromatic nitrogens is 1. The lowest BCUT2D eigenvalue weighted by Gasteiger charge is -2.27. The average molecular weight is 542 g/mol. The second-order valence-corrected chi connectivity index (χ2v) is 12.2. The van der Waals surface area contributed by atoms with Gasteiger partial charge in [0.15, 0.2) is 0 Å². The molecule has 0 fully saturated rings. The number of pyridine rings is 1. The van der Waals surface area contributed by atoms with Crippen LogP contribution in [-0.2, 0) is 0 Å². The quantitative estimate of drug-likeness (QED) is 0.197. The van der Waals surface area contributed by atoms with Gasteiger partial charge in [0.25, 0.3) is 0 Å². The van der Waals surface area contributed by atoms with Crippen LogP contribution in [0.3, 0.4) is 0 Å². The Morgan fingerprint density at radius 2 is 0.969 bits per heavy atom. The van der Waals surface area contributed by atoms with E-state index in [9.17, 15) is 0 Å². The predicted octanol–water partition coefficient (Wildman–Crippen LogP) is 5.97. The number of benzene rings is 4. The van der Waals surface area contributed by atoms with Crippen molar-refractivity contribution in [1.82, 2.24) is 4.98 Å². The van der Waals surface area contributed by atoms with Crippen LogP contribution in [0.5, 0.6) is 0 Å². The van der Waals surface area contributed by atoms with Crippen molar-refractivity contribution in [1.29, 1.82) is 0 Å². The monoisotopic (exact) mass is 542 g/mol. The van der Waals surface area contributed by atoms with E-state index in [0.717, 1.165) is 11.3 Å². The summed E-state index contributed by atoms with van der Waals surface area (Å²) in [6.45, 7) is 0. The van der Waals surface area contributed by atoms with Gasteiger partial charge >= 0.3 is 0 Å². The molecule has 0 aliphatic rings. The van der Waals surface area contributed by atoms with Gasteiger partial charge in [-0.3, -0.25) is 4.98 Å². The summed E-state index contributed by atoms with van der Waals surface area (Å²) in [6.07, 6.45) is 1.96. The zero-order chi connectivity index (χ0) is 21.8. The second-order valence-electron chi connectivity index (χ2n) is 7.58. The summed E-state index contributed by atoms with van der Waals surface area (Å²) in [5.74, 6) is 0. The van der Waals surface area contributed by atoms with E-state index < -0.39 is 7.26 Å². The summed E-state index contributed by atoms with van der Waals surface area (Å²) < 4.78 is 1.22. The Balaban J connectivity index is 1.83. The molecule has 0 bridgehead atoms. The lowest BCUT2D eigenvalue weighted by Crippen LogP contribution is -2.38. The van der Waals surface area contributed by atoms with Gasteiger partial charge in [0.1, 0.15) is 28.5 Å². The van der Waals surface area contributed by atoms with Gasteiger partial charge in [-0.25, -0.2) is 0 Å². The Labute approximate surface area is 203 Å². The molecule has 0 aliphatic carbocycles. The SMILES string of the molecule is Ic1ccc(-c2cc([P+](c3ccccc3)(c3ccccc3)c3ccccc3)ccn2)cc1. The molecule has 154 valence electrons. The molecule has 1 heterocycles. The van der Waals surface area contributed by atoms with Gasteiger partial charge in [-0.15, -0.1) is 0 Å². The number of rotatable bonds is 5. The molecule has 32 heavy (non-hydrogen) atoms. The van der Waals surface area contributed by atoms with Crippen molar-refractivity contribution in [2.75, 3.05) is 0 Å². The summed E-state index contributed by atoms with van der Waals surface area (Å²) in [4.78, 5) is 4.75. The molecule has 0 saturated carbocycles. The third kappa shape index (κ3) is 3.90. The molecule has 0 unspecified atom stereocenters. The second kappa shape index (κ2) is 9.36. The van der Waals surface area contributed by atoms with E-state index in [1.807, 2.05) is 6.20 Å². The lowest BCUT2D eigenvalue weighted by atomic mass is 10.1. The highest BCUT2D eigenvalue weighted by atomic mass is 127. The highest BCUT2D eigenvalue weighted by Gasteiger charge is 2.47. The van der Waals surface area contributed by atoms with Crippen LogP contribution in [0.15, 0.2) is 134 Å². The van der Waals surface area contributed by atoms with Gasteiger partial charge in [0, 0.05) is 21.4 Å². The Kier molecular flexibility index (Phi) is 6.16. The molecule has 0 amide bonds. The van der Waals surface area contributed by atoms with E-state index in [0.29, 0.717) is 0 Å². The Bertz CT molecular complexity index is 1210. The molecule has 0 spiro atoms. The first-order valence-electron chi connectivity index (χ1n) is 10.6. The van der Waals surface area contributed by atoms with Crippen molar-refractivity contribution in [3.8, 4) is 11.3 Å². The van der Waals surface area contributed by atoms with Crippen LogP contribution in [0, 0.1) is 3.57 Å². The van der Waals surface area contributed by atoms with Crippen LogP contribution in [0.4, 0.5) is 0 Å². The largest absolute Gasteiger partial charge is 0.256 e. The summed E-state index contributed by atoms with van der Waals surface area (Å²) >= 11 is 2.34. The normalized spacial score (nSPS) is 11.3. The first-order valence-corrected chi connectivity index (χ1v) is 13.4. The van der Waals surface area contributed by atoms with Crippen molar-refractivity contribution in [2.24, 2.45) is 0 Å². The number of hydrogen-bond donors (Lipinski definition) is 0. The van der Waals surface area contributed by atoms with Gasteiger partial charge in [-0.05, 0) is 77.2 Å². The summed E-state index contributed by atoms with van der Waals surface area (Å²) in [5, 5.41) is 5.34. The lowest BCUT2D eigenvalue weighted by molar-refractivity contribution is 1.34. The van der Waals surface area contributed by atoms with Gasteiger partial charge in [0.2, 0.25) is 0 Å². The fourth-order valence-electron chi connectivity index (χ4n) is 4.26. The molecule has 1 nitrogen and oxygen atoms in total. The van der Waals surface area contributed by atoms with Crippen molar-refractivity contribution < 1.29 is 0 Å². The summed E-state index contributed by atoms with van der Waals surface area (Å²) in [5.41, 5.74) is 2.14. The minimum atomic E-state index is -2.10. The topological polar surface area (TPSA) is 12.9 Å². The molecule has 0 radical (unpaired) electrons. The smallest absolute Gasteiger partial charge is 0.144 e. The third-order valence-corrected chi connectivity index (χ3v) is 10.7. The van der Waals surface area contributed by atoms with Crippen molar-refractivity contribution in [3.05, 3.63) is 137 Å². The highest BCUT2D eigenvalue weighted by Crippen LogP contribution is 2.54. The zero-order valence-electron chi connectivity index (χ0n) is 17.5. The van der Waals surface area contributed by atoms with Crippen molar-refractivity contribution >= 4 is 51.1 Å². The van der Waals surface area contributed by atoms with Crippen LogP contribution in [0.1, 0.15) is 0 Å².